The Balaban J connectivity index is 2.86. The molecule has 84 valence electrons. The molecular weight excluding hydrogens is 196 g/mol. The van der Waals surface area contributed by atoms with Crippen LogP contribution in [-0.4, -0.2) is 37.0 Å². The molecule has 15 heavy (non-hydrogen) atoms. The maximum absolute atomic E-state index is 11.1. The van der Waals surface area contributed by atoms with Crippen molar-refractivity contribution in [1.29, 1.82) is 0 Å². The first-order valence-corrected chi connectivity index (χ1v) is 4.69. The Morgan fingerprint density at radius 3 is 2.40 bits per heavy atom. The normalized spacial score (nSPS) is 11.5. The van der Waals surface area contributed by atoms with E-state index in [9.17, 15) is 4.79 Å². The van der Waals surface area contributed by atoms with Crippen LogP contribution in [0.15, 0.2) is 0 Å². The molecule has 0 aliphatic heterocycles. The number of aromatic amines is 1. The number of aromatic nitrogens is 3. The summed E-state index contributed by atoms with van der Waals surface area (Å²) in [6.07, 6.45) is -0.954. The van der Waals surface area contributed by atoms with Crippen LogP contribution in [-0.2, 0) is 6.54 Å². The number of nitrogens with zero attached hydrogens (tertiary/aromatic N) is 3. The van der Waals surface area contributed by atoms with Gasteiger partial charge < -0.3 is 5.11 Å². The summed E-state index contributed by atoms with van der Waals surface area (Å²) in [5, 5.41) is 19.3. The van der Waals surface area contributed by atoms with E-state index in [1.165, 1.54) is 4.90 Å². The van der Waals surface area contributed by atoms with Gasteiger partial charge in [0.2, 0.25) is 0 Å². The van der Waals surface area contributed by atoms with Gasteiger partial charge in [0.05, 0.1) is 12.2 Å². The third-order valence-electron chi connectivity index (χ3n) is 2.17. The fourth-order valence-corrected chi connectivity index (χ4v) is 1.20. The molecule has 1 rings (SSSR count). The van der Waals surface area contributed by atoms with Crippen molar-refractivity contribution in [2.75, 3.05) is 0 Å². The number of carboxylic acid groups (broad SMARTS) is 1. The van der Waals surface area contributed by atoms with E-state index in [1.54, 1.807) is 6.92 Å². The molecule has 0 fully saturated rings. The van der Waals surface area contributed by atoms with Crippen LogP contribution in [0.25, 0.3) is 0 Å². The van der Waals surface area contributed by atoms with Crippen LogP contribution in [0.1, 0.15) is 32.2 Å². The highest BCUT2D eigenvalue weighted by Gasteiger charge is 2.27. The maximum atomic E-state index is 11.1. The van der Waals surface area contributed by atoms with E-state index in [4.69, 9.17) is 5.11 Å². The number of nitrogens with one attached hydrogen (secondary N) is 1. The molecule has 0 atom stereocenters. The SMILES string of the molecule is Cc1n[nH]nc1CN(C(=O)O)C(C)(C)C. The second-order valence-electron chi connectivity index (χ2n) is 4.40. The second-order valence-corrected chi connectivity index (χ2v) is 4.40. The Labute approximate surface area is 88.3 Å². The molecular formula is C9H16N4O2. The lowest BCUT2D eigenvalue weighted by molar-refractivity contribution is 0.0946. The average Bonchev–Trinajstić information content (AvgIpc) is 2.44. The van der Waals surface area contributed by atoms with Gasteiger partial charge in [0.25, 0.3) is 0 Å². The number of H-pyrrole nitrogens is 1. The fraction of sp³-hybridized carbons (Fsp3) is 0.667. The lowest BCUT2D eigenvalue weighted by Crippen LogP contribution is -2.44. The molecule has 1 aromatic heterocycles. The van der Waals surface area contributed by atoms with E-state index in [1.807, 2.05) is 20.8 Å². The first-order chi connectivity index (χ1) is 6.82. The Bertz CT molecular complexity index is 353. The first kappa shape index (κ1) is 11.5. The Kier molecular flexibility index (Phi) is 2.97. The van der Waals surface area contributed by atoms with E-state index >= 15 is 0 Å². The minimum absolute atomic E-state index is 0.251. The van der Waals surface area contributed by atoms with Gasteiger partial charge in [-0.25, -0.2) is 4.79 Å². The molecule has 1 aromatic rings. The van der Waals surface area contributed by atoms with Crippen molar-refractivity contribution in [3.63, 3.8) is 0 Å². The van der Waals surface area contributed by atoms with Crippen LogP contribution in [0, 0.1) is 6.92 Å². The van der Waals surface area contributed by atoms with Gasteiger partial charge in [-0.3, -0.25) is 4.90 Å². The minimum Gasteiger partial charge on any atom is -0.465 e. The van der Waals surface area contributed by atoms with Gasteiger partial charge in [0, 0.05) is 5.54 Å². The minimum atomic E-state index is -0.954. The number of aryl methyl sites for hydroxylation is 1. The van der Waals surface area contributed by atoms with Crippen molar-refractivity contribution in [2.45, 2.75) is 39.8 Å². The van der Waals surface area contributed by atoms with Gasteiger partial charge in [-0.05, 0) is 27.7 Å². The molecule has 0 saturated carbocycles. The molecule has 1 heterocycles. The Morgan fingerprint density at radius 2 is 2.07 bits per heavy atom. The molecule has 0 radical (unpaired) electrons. The summed E-state index contributed by atoms with van der Waals surface area (Å²) in [4.78, 5) is 12.4. The largest absolute Gasteiger partial charge is 0.465 e. The van der Waals surface area contributed by atoms with Crippen molar-refractivity contribution >= 4 is 6.09 Å². The van der Waals surface area contributed by atoms with E-state index in [-0.39, 0.29) is 6.54 Å². The van der Waals surface area contributed by atoms with Gasteiger partial charge in [0.1, 0.15) is 5.69 Å². The van der Waals surface area contributed by atoms with Gasteiger partial charge in [-0.15, -0.1) is 0 Å². The molecule has 0 aromatic carbocycles. The molecule has 1 amide bonds. The summed E-state index contributed by atoms with van der Waals surface area (Å²) in [7, 11) is 0. The van der Waals surface area contributed by atoms with Crippen LogP contribution < -0.4 is 0 Å². The van der Waals surface area contributed by atoms with Gasteiger partial charge in [-0.2, -0.15) is 15.4 Å². The molecule has 0 spiro atoms. The highest BCUT2D eigenvalue weighted by molar-refractivity contribution is 5.66. The average molecular weight is 212 g/mol. The molecule has 6 heteroatoms. The van der Waals surface area contributed by atoms with Crippen molar-refractivity contribution in [3.8, 4) is 0 Å². The maximum Gasteiger partial charge on any atom is 0.408 e. The summed E-state index contributed by atoms with van der Waals surface area (Å²) in [6, 6.07) is 0. The topological polar surface area (TPSA) is 82.1 Å². The fourth-order valence-electron chi connectivity index (χ4n) is 1.20. The van der Waals surface area contributed by atoms with Gasteiger partial charge >= 0.3 is 6.09 Å². The molecule has 2 N–H and O–H groups in total. The smallest absolute Gasteiger partial charge is 0.408 e. The van der Waals surface area contributed by atoms with E-state index in [2.05, 4.69) is 15.4 Å². The molecule has 0 unspecified atom stereocenters. The number of hydrogen-bond acceptors (Lipinski definition) is 3. The molecule has 6 nitrogen and oxygen atoms in total. The van der Waals surface area contributed by atoms with Crippen molar-refractivity contribution in [2.24, 2.45) is 0 Å². The first-order valence-electron chi connectivity index (χ1n) is 4.69. The van der Waals surface area contributed by atoms with Crippen molar-refractivity contribution < 1.29 is 9.90 Å². The number of carbonyl (C=O) groups is 1. The van der Waals surface area contributed by atoms with Crippen molar-refractivity contribution in [3.05, 3.63) is 11.4 Å². The van der Waals surface area contributed by atoms with Crippen molar-refractivity contribution in [1.82, 2.24) is 20.3 Å². The molecule has 0 aliphatic carbocycles. The van der Waals surface area contributed by atoms with E-state index in [0.717, 1.165) is 5.69 Å². The summed E-state index contributed by atoms with van der Waals surface area (Å²) in [5.41, 5.74) is 0.940. The predicted octanol–water partition coefficient (Wildman–Crippen LogP) is 1.39. The van der Waals surface area contributed by atoms with Crippen LogP contribution >= 0.6 is 0 Å². The highest BCUT2D eigenvalue weighted by atomic mass is 16.4. The summed E-state index contributed by atoms with van der Waals surface area (Å²) < 4.78 is 0. The zero-order valence-electron chi connectivity index (χ0n) is 9.40. The Morgan fingerprint density at radius 1 is 1.47 bits per heavy atom. The molecule has 0 saturated heterocycles. The predicted molar refractivity (Wildman–Crippen MR) is 54.4 cm³/mol. The number of rotatable bonds is 2. The van der Waals surface area contributed by atoms with Crippen LogP contribution in [0.5, 0.6) is 0 Å². The zero-order valence-corrected chi connectivity index (χ0v) is 9.40. The van der Waals surface area contributed by atoms with Gasteiger partial charge in [0.15, 0.2) is 0 Å². The molecule has 0 aliphatic rings. The third-order valence-corrected chi connectivity index (χ3v) is 2.17. The highest BCUT2D eigenvalue weighted by Crippen LogP contribution is 2.17. The van der Waals surface area contributed by atoms with E-state index < -0.39 is 11.6 Å². The standard InChI is InChI=1S/C9H16N4O2/c1-6-7(11-12-10-6)5-13(8(14)15)9(2,3)4/h5H2,1-4H3,(H,14,15)(H,10,11,12). The summed E-state index contributed by atoms with van der Waals surface area (Å²) in [6.45, 7) is 7.58. The summed E-state index contributed by atoms with van der Waals surface area (Å²) >= 11 is 0. The lowest BCUT2D eigenvalue weighted by Gasteiger charge is -2.32. The second kappa shape index (κ2) is 3.88. The Hall–Kier alpha value is -1.59. The van der Waals surface area contributed by atoms with Gasteiger partial charge in [-0.1, -0.05) is 0 Å². The lowest BCUT2D eigenvalue weighted by atomic mass is 10.1. The number of amides is 1. The summed E-state index contributed by atoms with van der Waals surface area (Å²) in [5.74, 6) is 0. The molecule has 0 bridgehead atoms. The van der Waals surface area contributed by atoms with Crippen LogP contribution in [0.4, 0.5) is 4.79 Å². The van der Waals surface area contributed by atoms with E-state index in [0.29, 0.717) is 5.69 Å². The zero-order chi connectivity index (χ0) is 11.6. The van der Waals surface area contributed by atoms with Crippen LogP contribution in [0.3, 0.4) is 0 Å². The quantitative estimate of drug-likeness (QED) is 0.776. The number of hydrogen-bond donors (Lipinski definition) is 2. The van der Waals surface area contributed by atoms with Crippen LogP contribution in [0.2, 0.25) is 0 Å². The third kappa shape index (κ3) is 2.68. The monoisotopic (exact) mass is 212 g/mol.